The van der Waals surface area contributed by atoms with Crippen LogP contribution in [0.2, 0.25) is 0 Å². The van der Waals surface area contributed by atoms with Crippen molar-refractivity contribution in [1.29, 1.82) is 0 Å². The predicted octanol–water partition coefficient (Wildman–Crippen LogP) is 1.10. The number of amides is 2. The quantitative estimate of drug-likeness (QED) is 0.411. The first-order valence-corrected chi connectivity index (χ1v) is 9.06. The molecule has 0 bridgehead atoms. The maximum Gasteiger partial charge on any atom is 0.407 e. The highest BCUT2D eigenvalue weighted by Crippen LogP contribution is 2.16. The summed E-state index contributed by atoms with van der Waals surface area (Å²) in [6.07, 6.45) is -1.79. The fourth-order valence-corrected chi connectivity index (χ4v) is 2.01. The largest absolute Gasteiger partial charge is 0.508 e. The van der Waals surface area contributed by atoms with Crippen molar-refractivity contribution in [3.05, 3.63) is 29.8 Å². The summed E-state index contributed by atoms with van der Waals surface area (Å²) in [6.45, 7) is 7.23. The fraction of sp³-hybridized carbons (Fsp3) is 0.579. The summed E-state index contributed by atoms with van der Waals surface area (Å²) < 4.78 is 15.7. The van der Waals surface area contributed by atoms with E-state index in [9.17, 15) is 19.8 Å². The fourth-order valence-electron chi connectivity index (χ4n) is 2.01. The van der Waals surface area contributed by atoms with Crippen molar-refractivity contribution in [2.24, 2.45) is 0 Å². The van der Waals surface area contributed by atoms with Gasteiger partial charge in [0.15, 0.2) is 6.10 Å². The third-order valence-corrected chi connectivity index (χ3v) is 3.29. The van der Waals surface area contributed by atoms with E-state index < -0.39 is 23.7 Å². The molecule has 9 heteroatoms. The van der Waals surface area contributed by atoms with Gasteiger partial charge in [0, 0.05) is 13.1 Å². The van der Waals surface area contributed by atoms with E-state index >= 15 is 0 Å². The van der Waals surface area contributed by atoms with Gasteiger partial charge in [0.05, 0.1) is 26.4 Å². The summed E-state index contributed by atoms with van der Waals surface area (Å²) >= 11 is 0. The third-order valence-electron chi connectivity index (χ3n) is 3.29. The van der Waals surface area contributed by atoms with Gasteiger partial charge >= 0.3 is 6.09 Å². The van der Waals surface area contributed by atoms with E-state index in [0.717, 1.165) is 0 Å². The zero-order valence-corrected chi connectivity index (χ0v) is 16.6. The Bertz CT molecular complexity index is 599. The number of nitrogens with one attached hydrogen (secondary N) is 2. The summed E-state index contributed by atoms with van der Waals surface area (Å²) in [5, 5.41) is 24.2. The van der Waals surface area contributed by atoms with Gasteiger partial charge in [-0.2, -0.15) is 0 Å². The molecule has 158 valence electrons. The molecule has 1 aromatic carbocycles. The number of hydrogen-bond acceptors (Lipinski definition) is 7. The van der Waals surface area contributed by atoms with Crippen molar-refractivity contribution in [1.82, 2.24) is 10.6 Å². The Morgan fingerprint density at radius 3 is 2.04 bits per heavy atom. The number of phenolic OH excluding ortho intramolecular Hbond substituents is 1. The maximum absolute atomic E-state index is 11.8. The molecule has 9 nitrogen and oxygen atoms in total. The Morgan fingerprint density at radius 2 is 1.50 bits per heavy atom. The van der Waals surface area contributed by atoms with Crippen LogP contribution in [0.25, 0.3) is 0 Å². The summed E-state index contributed by atoms with van der Waals surface area (Å²) in [7, 11) is 0. The van der Waals surface area contributed by atoms with Crippen molar-refractivity contribution in [3.63, 3.8) is 0 Å². The van der Waals surface area contributed by atoms with Crippen LogP contribution in [0.15, 0.2) is 24.3 Å². The normalized spacial score (nSPS) is 12.3. The van der Waals surface area contributed by atoms with Crippen LogP contribution in [0.5, 0.6) is 5.75 Å². The van der Waals surface area contributed by atoms with E-state index in [-0.39, 0.29) is 18.9 Å². The van der Waals surface area contributed by atoms with E-state index in [1.54, 1.807) is 20.8 Å². The van der Waals surface area contributed by atoms with Gasteiger partial charge in [-0.15, -0.1) is 0 Å². The summed E-state index contributed by atoms with van der Waals surface area (Å²) in [5.41, 5.74) is -0.140. The Kier molecular flexibility index (Phi) is 10.3. The molecule has 0 spiro atoms. The Labute approximate surface area is 165 Å². The molecule has 0 saturated carbocycles. The van der Waals surface area contributed by atoms with E-state index in [2.05, 4.69) is 10.6 Å². The molecule has 0 aromatic heterocycles. The predicted molar refractivity (Wildman–Crippen MR) is 102 cm³/mol. The van der Waals surface area contributed by atoms with Gasteiger partial charge in [0.1, 0.15) is 11.4 Å². The number of phenols is 1. The second-order valence-electron chi connectivity index (χ2n) is 6.94. The zero-order valence-electron chi connectivity index (χ0n) is 16.6. The highest BCUT2D eigenvalue weighted by atomic mass is 16.6. The Balaban J connectivity index is 1.99. The number of aliphatic hydroxyl groups excluding tert-OH is 1. The molecule has 0 saturated heterocycles. The molecule has 0 radical (unpaired) electrons. The van der Waals surface area contributed by atoms with Crippen molar-refractivity contribution in [3.8, 4) is 5.75 Å². The molecule has 1 unspecified atom stereocenters. The number of aromatic hydroxyl groups is 1. The van der Waals surface area contributed by atoms with Gasteiger partial charge in [0.25, 0.3) is 5.91 Å². The van der Waals surface area contributed by atoms with Gasteiger partial charge in [-0.25, -0.2) is 4.79 Å². The highest BCUT2D eigenvalue weighted by molar-refractivity contribution is 5.81. The van der Waals surface area contributed by atoms with E-state index in [4.69, 9.17) is 14.2 Å². The minimum Gasteiger partial charge on any atom is -0.508 e. The maximum atomic E-state index is 11.8. The molecule has 1 atom stereocenters. The minimum absolute atomic E-state index is 0.0626. The summed E-state index contributed by atoms with van der Waals surface area (Å²) in [6, 6.07) is 5.76. The van der Waals surface area contributed by atoms with Crippen LogP contribution in [0.1, 0.15) is 32.4 Å². The number of hydrogen-bond donors (Lipinski definition) is 4. The van der Waals surface area contributed by atoms with Crippen molar-refractivity contribution < 1.29 is 34.0 Å². The molecule has 28 heavy (non-hydrogen) atoms. The topological polar surface area (TPSA) is 126 Å². The van der Waals surface area contributed by atoms with E-state index in [1.165, 1.54) is 24.3 Å². The first-order chi connectivity index (χ1) is 13.2. The number of aliphatic hydroxyl groups is 1. The minimum atomic E-state index is -1.30. The van der Waals surface area contributed by atoms with Crippen LogP contribution in [0, 0.1) is 0 Å². The van der Waals surface area contributed by atoms with Crippen molar-refractivity contribution in [2.75, 3.05) is 39.5 Å². The van der Waals surface area contributed by atoms with Gasteiger partial charge in [-0.1, -0.05) is 12.1 Å². The first kappa shape index (κ1) is 23.7. The molecule has 0 fully saturated rings. The lowest BCUT2D eigenvalue weighted by Crippen LogP contribution is -2.34. The number of ether oxygens (including phenoxy) is 3. The molecular formula is C19H30N2O7. The lowest BCUT2D eigenvalue weighted by molar-refractivity contribution is -0.129. The standard InChI is InChI=1S/C19H30N2O7/c1-19(2,3)28-18(25)21-9-11-27-13-12-26-10-8-20-17(24)16(23)14-4-6-15(22)7-5-14/h4-7,16,22-23H,8-13H2,1-3H3,(H,20,24)(H,21,25). The lowest BCUT2D eigenvalue weighted by atomic mass is 10.1. The number of carbonyl (C=O) groups excluding carboxylic acids is 2. The summed E-state index contributed by atoms with van der Waals surface area (Å²) in [4.78, 5) is 23.2. The van der Waals surface area contributed by atoms with Crippen LogP contribution < -0.4 is 10.6 Å². The lowest BCUT2D eigenvalue weighted by Gasteiger charge is -2.19. The molecule has 4 N–H and O–H groups in total. The first-order valence-electron chi connectivity index (χ1n) is 9.06. The zero-order chi connectivity index (χ0) is 21.0. The van der Waals surface area contributed by atoms with Gasteiger partial charge < -0.3 is 35.1 Å². The number of carbonyl (C=O) groups is 2. The van der Waals surface area contributed by atoms with Gasteiger partial charge in [0.2, 0.25) is 0 Å². The third kappa shape index (κ3) is 10.7. The van der Waals surface area contributed by atoms with Crippen molar-refractivity contribution in [2.45, 2.75) is 32.5 Å². The molecule has 0 heterocycles. The second kappa shape index (κ2) is 12.2. The summed E-state index contributed by atoms with van der Waals surface area (Å²) in [5.74, 6) is -0.480. The molecule has 0 aliphatic heterocycles. The van der Waals surface area contributed by atoms with Gasteiger partial charge in [-0.05, 0) is 38.5 Å². The van der Waals surface area contributed by atoms with Crippen LogP contribution in [0.3, 0.4) is 0 Å². The SMILES string of the molecule is CC(C)(C)OC(=O)NCCOCCOCCNC(=O)C(O)c1ccc(O)cc1. The highest BCUT2D eigenvalue weighted by Gasteiger charge is 2.17. The van der Waals surface area contributed by atoms with Crippen LogP contribution in [-0.4, -0.2) is 67.3 Å². The van der Waals surface area contributed by atoms with Crippen LogP contribution in [0.4, 0.5) is 4.79 Å². The average Bonchev–Trinajstić information content (AvgIpc) is 2.61. The Morgan fingerprint density at radius 1 is 0.964 bits per heavy atom. The monoisotopic (exact) mass is 398 g/mol. The molecule has 1 rings (SSSR count). The number of rotatable bonds is 11. The van der Waals surface area contributed by atoms with Crippen LogP contribution in [-0.2, 0) is 19.0 Å². The average molecular weight is 398 g/mol. The van der Waals surface area contributed by atoms with E-state index in [1.807, 2.05) is 0 Å². The molecular weight excluding hydrogens is 368 g/mol. The molecule has 1 aromatic rings. The van der Waals surface area contributed by atoms with Gasteiger partial charge in [-0.3, -0.25) is 4.79 Å². The van der Waals surface area contributed by atoms with E-state index in [0.29, 0.717) is 31.9 Å². The van der Waals surface area contributed by atoms with Crippen LogP contribution >= 0.6 is 0 Å². The number of benzene rings is 1. The second-order valence-corrected chi connectivity index (χ2v) is 6.94. The molecule has 0 aliphatic carbocycles. The van der Waals surface area contributed by atoms with Crippen molar-refractivity contribution >= 4 is 12.0 Å². The smallest absolute Gasteiger partial charge is 0.407 e. The molecule has 0 aliphatic rings. The number of alkyl carbamates (subject to hydrolysis) is 1. The molecule has 2 amide bonds. The Hall–Kier alpha value is -2.36.